The summed E-state index contributed by atoms with van der Waals surface area (Å²) in [5.41, 5.74) is 1.93. The molecule has 0 bridgehead atoms. The van der Waals surface area contributed by atoms with E-state index >= 15 is 0 Å². The Morgan fingerprint density at radius 2 is 2.06 bits per heavy atom. The highest BCUT2D eigenvalue weighted by molar-refractivity contribution is 5.87. The van der Waals surface area contributed by atoms with Gasteiger partial charge in [-0.3, -0.25) is 0 Å². The van der Waals surface area contributed by atoms with Gasteiger partial charge in [-0.2, -0.15) is 0 Å². The number of rotatable bonds is 2. The average Bonchev–Trinajstić information content (AvgIpc) is 2.91. The highest BCUT2D eigenvalue weighted by atomic mass is 16.4. The Morgan fingerprint density at radius 3 is 2.78 bits per heavy atom. The van der Waals surface area contributed by atoms with Crippen molar-refractivity contribution in [2.75, 3.05) is 6.54 Å². The normalized spacial score (nSPS) is 19.8. The molecule has 0 atom stereocenters. The van der Waals surface area contributed by atoms with Crippen LogP contribution < -0.4 is 5.32 Å². The lowest BCUT2D eigenvalue weighted by Crippen LogP contribution is -2.28. The van der Waals surface area contributed by atoms with Crippen LogP contribution >= 0.6 is 0 Å². The minimum Gasteiger partial charge on any atom is -0.477 e. The number of carboxylic acid groups (broad SMARTS) is 1. The molecule has 1 aliphatic heterocycles. The van der Waals surface area contributed by atoms with Gasteiger partial charge in [0.1, 0.15) is 5.82 Å². The summed E-state index contributed by atoms with van der Waals surface area (Å²) in [6, 6.07) is 0. The first-order valence-electron chi connectivity index (χ1n) is 6.59. The lowest BCUT2D eigenvalue weighted by atomic mass is 10.0. The molecule has 1 aliphatic carbocycles. The quantitative estimate of drug-likeness (QED) is 0.828. The molecular weight excluding hydrogens is 230 g/mol. The molecule has 5 heteroatoms. The zero-order chi connectivity index (χ0) is 12.5. The molecule has 0 saturated heterocycles. The van der Waals surface area contributed by atoms with Gasteiger partial charge in [-0.05, 0) is 25.8 Å². The first-order chi connectivity index (χ1) is 8.75. The molecule has 5 nitrogen and oxygen atoms in total. The zero-order valence-electron chi connectivity index (χ0n) is 10.3. The Kier molecular flexibility index (Phi) is 2.99. The van der Waals surface area contributed by atoms with Crippen LogP contribution in [0.5, 0.6) is 0 Å². The van der Waals surface area contributed by atoms with Crippen molar-refractivity contribution in [1.82, 2.24) is 15.3 Å². The number of nitrogens with one attached hydrogen (secondary N) is 1. The maximum Gasteiger partial charge on any atom is 0.354 e. The van der Waals surface area contributed by atoms with Gasteiger partial charge in [0.15, 0.2) is 5.69 Å². The lowest BCUT2D eigenvalue weighted by molar-refractivity contribution is 0.0688. The Morgan fingerprint density at radius 1 is 1.28 bits per heavy atom. The van der Waals surface area contributed by atoms with Crippen molar-refractivity contribution in [3.05, 3.63) is 22.8 Å². The predicted molar refractivity (Wildman–Crippen MR) is 65.6 cm³/mol. The number of carbonyl (C=O) groups is 1. The summed E-state index contributed by atoms with van der Waals surface area (Å²) in [7, 11) is 0. The van der Waals surface area contributed by atoms with E-state index in [4.69, 9.17) is 0 Å². The van der Waals surface area contributed by atoms with Crippen molar-refractivity contribution in [3.8, 4) is 0 Å². The summed E-state index contributed by atoms with van der Waals surface area (Å²) in [6.07, 6.45) is 5.29. The number of hydrogen-bond donors (Lipinski definition) is 2. The molecule has 2 heterocycles. The van der Waals surface area contributed by atoms with E-state index < -0.39 is 5.97 Å². The SMILES string of the molecule is O=C(O)c1nc(C2CCCC2)nc2c1CCNC2. The van der Waals surface area contributed by atoms with Crippen LogP contribution in [0.1, 0.15) is 59.2 Å². The highest BCUT2D eigenvalue weighted by Crippen LogP contribution is 2.33. The number of aromatic carboxylic acids is 1. The minimum absolute atomic E-state index is 0.225. The smallest absolute Gasteiger partial charge is 0.354 e. The fourth-order valence-electron chi connectivity index (χ4n) is 2.92. The first-order valence-corrected chi connectivity index (χ1v) is 6.59. The maximum absolute atomic E-state index is 11.3. The molecule has 1 aromatic heterocycles. The zero-order valence-corrected chi connectivity index (χ0v) is 10.3. The number of hydrogen-bond acceptors (Lipinski definition) is 4. The van der Waals surface area contributed by atoms with Gasteiger partial charge >= 0.3 is 5.97 Å². The second-order valence-electron chi connectivity index (χ2n) is 5.07. The standard InChI is InChI=1S/C13H17N3O2/c17-13(18)11-9-5-6-14-7-10(9)15-12(16-11)8-3-1-2-4-8/h8,14H,1-7H2,(H,17,18). The van der Waals surface area contributed by atoms with Crippen molar-refractivity contribution >= 4 is 5.97 Å². The van der Waals surface area contributed by atoms with Gasteiger partial charge in [0.05, 0.1) is 5.69 Å². The number of nitrogens with zero attached hydrogens (tertiary/aromatic N) is 2. The van der Waals surface area contributed by atoms with Gasteiger partial charge in [0.25, 0.3) is 0 Å². The van der Waals surface area contributed by atoms with Gasteiger partial charge < -0.3 is 10.4 Å². The van der Waals surface area contributed by atoms with Gasteiger partial charge in [0, 0.05) is 18.0 Å². The van der Waals surface area contributed by atoms with E-state index in [0.29, 0.717) is 18.9 Å². The van der Waals surface area contributed by atoms with Crippen LogP contribution in [0.2, 0.25) is 0 Å². The first kappa shape index (κ1) is 11.6. The fraction of sp³-hybridized carbons (Fsp3) is 0.615. The van der Waals surface area contributed by atoms with Crippen LogP contribution in [-0.4, -0.2) is 27.6 Å². The number of fused-ring (bicyclic) bond motifs is 1. The molecule has 0 unspecified atom stereocenters. The van der Waals surface area contributed by atoms with E-state index in [1.165, 1.54) is 12.8 Å². The van der Waals surface area contributed by atoms with E-state index in [2.05, 4.69) is 15.3 Å². The lowest BCUT2D eigenvalue weighted by Gasteiger charge is -2.20. The van der Waals surface area contributed by atoms with Crippen molar-refractivity contribution in [2.45, 2.75) is 44.6 Å². The van der Waals surface area contributed by atoms with E-state index in [9.17, 15) is 9.90 Å². The molecule has 1 aromatic rings. The molecule has 2 N–H and O–H groups in total. The molecular formula is C13H17N3O2. The maximum atomic E-state index is 11.3. The molecule has 18 heavy (non-hydrogen) atoms. The monoisotopic (exact) mass is 247 g/mol. The van der Waals surface area contributed by atoms with Crippen molar-refractivity contribution in [1.29, 1.82) is 0 Å². The molecule has 96 valence electrons. The Balaban J connectivity index is 2.05. The summed E-state index contributed by atoms with van der Waals surface area (Å²) in [6.45, 7) is 1.47. The van der Waals surface area contributed by atoms with Gasteiger partial charge in [-0.1, -0.05) is 12.8 Å². The van der Waals surface area contributed by atoms with Crippen LogP contribution in [0, 0.1) is 0 Å². The largest absolute Gasteiger partial charge is 0.477 e. The summed E-state index contributed by atoms with van der Waals surface area (Å²) in [4.78, 5) is 20.3. The van der Waals surface area contributed by atoms with Crippen LogP contribution in [0.25, 0.3) is 0 Å². The second kappa shape index (κ2) is 4.65. The summed E-state index contributed by atoms with van der Waals surface area (Å²) >= 11 is 0. The molecule has 0 spiro atoms. The van der Waals surface area contributed by atoms with Crippen LogP contribution in [0.4, 0.5) is 0 Å². The van der Waals surface area contributed by atoms with E-state index in [0.717, 1.165) is 36.5 Å². The van der Waals surface area contributed by atoms with Crippen LogP contribution in [0.15, 0.2) is 0 Å². The third-order valence-corrected chi connectivity index (χ3v) is 3.88. The molecule has 1 saturated carbocycles. The topological polar surface area (TPSA) is 75.1 Å². The van der Waals surface area contributed by atoms with Gasteiger partial charge in [-0.15, -0.1) is 0 Å². The van der Waals surface area contributed by atoms with Crippen molar-refractivity contribution in [3.63, 3.8) is 0 Å². The third-order valence-electron chi connectivity index (χ3n) is 3.88. The number of carboxylic acids is 1. The molecule has 2 aliphatic rings. The fourth-order valence-corrected chi connectivity index (χ4v) is 2.92. The second-order valence-corrected chi connectivity index (χ2v) is 5.07. The predicted octanol–water partition coefficient (Wildman–Crippen LogP) is 1.48. The molecule has 0 amide bonds. The van der Waals surface area contributed by atoms with Crippen molar-refractivity contribution in [2.24, 2.45) is 0 Å². The minimum atomic E-state index is -0.921. The Hall–Kier alpha value is -1.49. The molecule has 0 radical (unpaired) electrons. The average molecular weight is 247 g/mol. The number of aromatic nitrogens is 2. The third kappa shape index (κ3) is 1.99. The van der Waals surface area contributed by atoms with E-state index in [1.807, 2.05) is 0 Å². The van der Waals surface area contributed by atoms with Gasteiger partial charge in [-0.25, -0.2) is 14.8 Å². The van der Waals surface area contributed by atoms with E-state index in [-0.39, 0.29) is 5.69 Å². The molecule has 1 fully saturated rings. The molecule has 0 aromatic carbocycles. The Bertz CT molecular complexity index is 481. The van der Waals surface area contributed by atoms with Crippen molar-refractivity contribution < 1.29 is 9.90 Å². The summed E-state index contributed by atoms with van der Waals surface area (Å²) < 4.78 is 0. The Labute approximate surface area is 106 Å². The van der Waals surface area contributed by atoms with Crippen LogP contribution in [0.3, 0.4) is 0 Å². The summed E-state index contributed by atoms with van der Waals surface area (Å²) in [5.74, 6) is 0.178. The van der Waals surface area contributed by atoms with Gasteiger partial charge in [0.2, 0.25) is 0 Å². The molecule has 3 rings (SSSR count). The highest BCUT2D eigenvalue weighted by Gasteiger charge is 2.26. The van der Waals surface area contributed by atoms with E-state index in [1.54, 1.807) is 0 Å². The summed E-state index contributed by atoms with van der Waals surface area (Å²) in [5, 5.41) is 12.5. The van der Waals surface area contributed by atoms with Crippen LogP contribution in [-0.2, 0) is 13.0 Å².